The zero-order chi connectivity index (χ0) is 16.3. The lowest BCUT2D eigenvalue weighted by atomic mass is 9.82. The van der Waals surface area contributed by atoms with Crippen molar-refractivity contribution in [2.45, 2.75) is 57.0 Å². The van der Waals surface area contributed by atoms with Crippen molar-refractivity contribution in [2.24, 2.45) is 5.92 Å². The Bertz CT molecular complexity index is 548. The van der Waals surface area contributed by atoms with E-state index < -0.39 is 0 Å². The average Bonchev–Trinajstić information content (AvgIpc) is 3.28. The number of hydrogen-bond acceptors (Lipinski definition) is 3. The zero-order valence-corrected chi connectivity index (χ0v) is 14.3. The van der Waals surface area contributed by atoms with Gasteiger partial charge in [0.15, 0.2) is 0 Å². The summed E-state index contributed by atoms with van der Waals surface area (Å²) >= 11 is 0. The number of pyridine rings is 1. The Kier molecular flexibility index (Phi) is 4.85. The predicted molar refractivity (Wildman–Crippen MR) is 92.3 cm³/mol. The first-order valence-corrected chi connectivity index (χ1v) is 8.76. The lowest BCUT2D eigenvalue weighted by Gasteiger charge is -2.31. The number of rotatable bonds is 5. The van der Waals surface area contributed by atoms with Crippen molar-refractivity contribution >= 4 is 11.7 Å². The highest BCUT2D eigenvalue weighted by Gasteiger charge is 2.50. The molecule has 0 atom stereocenters. The van der Waals surface area contributed by atoms with E-state index in [0.29, 0.717) is 5.92 Å². The van der Waals surface area contributed by atoms with Gasteiger partial charge in [0, 0.05) is 24.0 Å². The van der Waals surface area contributed by atoms with Crippen molar-refractivity contribution in [2.75, 3.05) is 19.4 Å². The molecule has 1 heterocycles. The van der Waals surface area contributed by atoms with Crippen molar-refractivity contribution in [3.05, 3.63) is 24.0 Å². The highest BCUT2D eigenvalue weighted by Crippen LogP contribution is 2.48. The fourth-order valence-electron chi connectivity index (χ4n) is 3.78. The molecule has 1 aromatic rings. The number of carbonyl (C=O) groups is 1. The third-order valence-corrected chi connectivity index (χ3v) is 5.09. The van der Waals surface area contributed by atoms with Gasteiger partial charge in [-0.2, -0.15) is 0 Å². The summed E-state index contributed by atoms with van der Waals surface area (Å²) in [4.78, 5) is 18.8. The molecular weight excluding hydrogens is 288 g/mol. The lowest BCUT2D eigenvalue weighted by Crippen LogP contribution is -2.45. The van der Waals surface area contributed by atoms with Crippen LogP contribution in [0.4, 0.5) is 10.5 Å². The Labute approximate surface area is 138 Å². The lowest BCUT2D eigenvalue weighted by molar-refractivity contribution is 0.225. The van der Waals surface area contributed by atoms with E-state index in [1.165, 1.54) is 32.1 Å². The Hall–Kier alpha value is -1.62. The summed E-state index contributed by atoms with van der Waals surface area (Å²) in [5, 5.41) is 6.25. The van der Waals surface area contributed by atoms with E-state index in [2.05, 4.69) is 20.5 Å². The van der Waals surface area contributed by atoms with Gasteiger partial charge in [0.2, 0.25) is 0 Å². The fraction of sp³-hybridized carbons (Fsp3) is 0.667. The molecule has 0 spiro atoms. The van der Waals surface area contributed by atoms with Gasteiger partial charge in [-0.05, 0) is 57.8 Å². The van der Waals surface area contributed by atoms with E-state index in [9.17, 15) is 4.79 Å². The SMILES string of the molecule is CN(C)Cc1cc(NC(=O)NC2(C3CCCCC3)CC2)ccn1. The van der Waals surface area contributed by atoms with Gasteiger partial charge in [-0.25, -0.2) is 4.79 Å². The summed E-state index contributed by atoms with van der Waals surface area (Å²) < 4.78 is 0. The minimum Gasteiger partial charge on any atom is -0.332 e. The van der Waals surface area contributed by atoms with Crippen LogP contribution in [-0.4, -0.2) is 35.5 Å². The Morgan fingerprint density at radius 1 is 1.30 bits per heavy atom. The van der Waals surface area contributed by atoms with E-state index in [1.807, 2.05) is 26.2 Å². The Morgan fingerprint density at radius 3 is 2.70 bits per heavy atom. The molecule has 0 aliphatic heterocycles. The smallest absolute Gasteiger partial charge is 0.319 e. The van der Waals surface area contributed by atoms with Gasteiger partial charge in [-0.1, -0.05) is 19.3 Å². The van der Waals surface area contributed by atoms with Crippen molar-refractivity contribution in [1.82, 2.24) is 15.2 Å². The van der Waals surface area contributed by atoms with Crippen LogP contribution < -0.4 is 10.6 Å². The molecule has 1 aromatic heterocycles. The monoisotopic (exact) mass is 316 g/mol. The molecule has 2 aliphatic carbocycles. The van der Waals surface area contributed by atoms with Gasteiger partial charge < -0.3 is 15.5 Å². The highest BCUT2D eigenvalue weighted by atomic mass is 16.2. The summed E-state index contributed by atoms with van der Waals surface area (Å²) in [6.45, 7) is 0.767. The molecule has 0 saturated heterocycles. The maximum atomic E-state index is 12.4. The van der Waals surface area contributed by atoms with Crippen molar-refractivity contribution in [1.29, 1.82) is 0 Å². The fourth-order valence-corrected chi connectivity index (χ4v) is 3.78. The number of nitrogens with zero attached hydrogens (tertiary/aromatic N) is 2. The summed E-state index contributed by atoms with van der Waals surface area (Å²) in [5.41, 5.74) is 1.85. The Morgan fingerprint density at radius 2 is 2.04 bits per heavy atom. The second-order valence-corrected chi connectivity index (χ2v) is 7.34. The van der Waals surface area contributed by atoms with Crippen molar-refractivity contribution < 1.29 is 4.79 Å². The van der Waals surface area contributed by atoms with E-state index in [-0.39, 0.29) is 11.6 Å². The van der Waals surface area contributed by atoms with Crippen molar-refractivity contribution in [3.8, 4) is 0 Å². The van der Waals surface area contributed by atoms with Crippen molar-refractivity contribution in [3.63, 3.8) is 0 Å². The first kappa shape index (κ1) is 16.2. The molecule has 2 N–H and O–H groups in total. The van der Waals surface area contributed by atoms with Gasteiger partial charge in [0.05, 0.1) is 5.69 Å². The first-order valence-electron chi connectivity index (χ1n) is 8.76. The van der Waals surface area contributed by atoms with Crippen LogP contribution >= 0.6 is 0 Å². The molecule has 2 saturated carbocycles. The van der Waals surface area contributed by atoms with Gasteiger partial charge in [0.25, 0.3) is 0 Å². The van der Waals surface area contributed by atoms with Crippen LogP contribution in [0.2, 0.25) is 0 Å². The molecule has 23 heavy (non-hydrogen) atoms. The van der Waals surface area contributed by atoms with E-state index in [0.717, 1.165) is 30.8 Å². The van der Waals surface area contributed by atoms with Crippen LogP contribution in [0.1, 0.15) is 50.6 Å². The molecular formula is C18H28N4O. The molecule has 126 valence electrons. The standard InChI is InChI=1S/C18H28N4O/c1-22(2)13-16-12-15(8-11-19-16)20-17(23)21-18(9-10-18)14-6-4-3-5-7-14/h8,11-12,14H,3-7,9-10,13H2,1-2H3,(H2,19,20,21,23). The molecule has 2 aliphatic rings. The van der Waals surface area contributed by atoms with Gasteiger partial charge in [0.1, 0.15) is 0 Å². The Balaban J connectivity index is 1.57. The molecule has 5 nitrogen and oxygen atoms in total. The number of nitrogens with one attached hydrogen (secondary N) is 2. The van der Waals surface area contributed by atoms with Gasteiger partial charge in [-0.3, -0.25) is 4.98 Å². The minimum atomic E-state index is -0.0740. The topological polar surface area (TPSA) is 57.3 Å². The summed E-state index contributed by atoms with van der Waals surface area (Å²) in [7, 11) is 4.02. The second-order valence-electron chi connectivity index (χ2n) is 7.34. The molecule has 2 amide bonds. The minimum absolute atomic E-state index is 0.0734. The van der Waals surface area contributed by atoms with Gasteiger partial charge in [-0.15, -0.1) is 0 Å². The van der Waals surface area contributed by atoms with E-state index in [4.69, 9.17) is 0 Å². The van der Waals surface area contributed by atoms with Crippen LogP contribution in [0.5, 0.6) is 0 Å². The first-order chi connectivity index (χ1) is 11.1. The van der Waals surface area contributed by atoms with Crippen LogP contribution in [0.15, 0.2) is 18.3 Å². The molecule has 5 heteroatoms. The number of carbonyl (C=O) groups excluding carboxylic acids is 1. The molecule has 0 unspecified atom stereocenters. The van der Waals surface area contributed by atoms with E-state index >= 15 is 0 Å². The molecule has 2 fully saturated rings. The van der Waals surface area contributed by atoms with Gasteiger partial charge >= 0.3 is 6.03 Å². The zero-order valence-electron chi connectivity index (χ0n) is 14.3. The number of hydrogen-bond donors (Lipinski definition) is 2. The molecule has 3 rings (SSSR count). The van der Waals surface area contributed by atoms with Crippen LogP contribution in [0.3, 0.4) is 0 Å². The third kappa shape index (κ3) is 4.22. The summed E-state index contributed by atoms with van der Waals surface area (Å²) in [5.74, 6) is 0.670. The number of urea groups is 1. The number of aromatic nitrogens is 1. The molecule has 0 aromatic carbocycles. The largest absolute Gasteiger partial charge is 0.332 e. The quantitative estimate of drug-likeness (QED) is 0.875. The second kappa shape index (κ2) is 6.87. The highest BCUT2D eigenvalue weighted by molar-refractivity contribution is 5.90. The van der Waals surface area contributed by atoms with Crippen LogP contribution in [0, 0.1) is 5.92 Å². The average molecular weight is 316 g/mol. The van der Waals surface area contributed by atoms with E-state index in [1.54, 1.807) is 6.20 Å². The third-order valence-electron chi connectivity index (χ3n) is 5.09. The summed E-state index contributed by atoms with van der Waals surface area (Å²) in [6, 6.07) is 3.72. The number of amides is 2. The molecule has 0 radical (unpaired) electrons. The van der Waals surface area contributed by atoms with Crippen LogP contribution in [-0.2, 0) is 6.54 Å². The summed E-state index contributed by atoms with van der Waals surface area (Å²) in [6.07, 6.45) is 10.5. The number of anilines is 1. The predicted octanol–water partition coefficient (Wildman–Crippen LogP) is 3.38. The molecule has 0 bridgehead atoms. The van der Waals surface area contributed by atoms with Crippen LogP contribution in [0.25, 0.3) is 0 Å². The maximum absolute atomic E-state index is 12.4. The normalized spacial score (nSPS) is 20.3. The maximum Gasteiger partial charge on any atom is 0.319 e.